The van der Waals surface area contributed by atoms with Gasteiger partial charge in [-0.15, -0.1) is 0 Å². The summed E-state index contributed by atoms with van der Waals surface area (Å²) in [5, 5.41) is 10.4. The van der Waals surface area contributed by atoms with Gasteiger partial charge in [0.05, 0.1) is 11.9 Å². The Kier molecular flexibility index (Phi) is 5.39. The zero-order valence-electron chi connectivity index (χ0n) is 13.2. The summed E-state index contributed by atoms with van der Waals surface area (Å²) in [6.07, 6.45) is 11.6. The van der Waals surface area contributed by atoms with Crippen molar-refractivity contribution in [3.05, 3.63) is 18.7 Å². The number of hydrogen-bond donors (Lipinski definition) is 1. The molecule has 118 valence electrons. The minimum Gasteiger partial charge on any atom is -0.388 e. The van der Waals surface area contributed by atoms with Gasteiger partial charge >= 0.3 is 0 Å². The predicted octanol–water partition coefficient (Wildman–Crippen LogP) is 2.38. The molecule has 0 saturated heterocycles. The molecule has 5 nitrogen and oxygen atoms in total. The van der Waals surface area contributed by atoms with E-state index in [1.54, 1.807) is 24.5 Å². The van der Waals surface area contributed by atoms with Gasteiger partial charge < -0.3 is 14.6 Å². The highest BCUT2D eigenvalue weighted by molar-refractivity contribution is 5.76. The molecule has 1 aromatic rings. The normalized spacial score (nSPS) is 18.6. The van der Waals surface area contributed by atoms with Crippen molar-refractivity contribution in [1.29, 1.82) is 0 Å². The monoisotopic (exact) mass is 293 g/mol. The van der Waals surface area contributed by atoms with E-state index in [4.69, 9.17) is 0 Å². The number of aliphatic hydroxyl groups is 1. The van der Waals surface area contributed by atoms with Crippen LogP contribution >= 0.6 is 0 Å². The number of hydrogen-bond acceptors (Lipinski definition) is 3. The summed E-state index contributed by atoms with van der Waals surface area (Å²) in [6.45, 7) is 2.58. The highest BCUT2D eigenvalue weighted by Crippen LogP contribution is 2.30. The summed E-state index contributed by atoms with van der Waals surface area (Å²) in [5.74, 6) is 0.0995. The summed E-state index contributed by atoms with van der Waals surface area (Å²) >= 11 is 0. The lowest BCUT2D eigenvalue weighted by Gasteiger charge is -2.30. The molecule has 1 fully saturated rings. The molecule has 0 aliphatic heterocycles. The van der Waals surface area contributed by atoms with E-state index in [1.165, 1.54) is 0 Å². The van der Waals surface area contributed by atoms with E-state index < -0.39 is 5.60 Å². The first-order valence-electron chi connectivity index (χ1n) is 7.98. The third-order valence-electron chi connectivity index (χ3n) is 4.47. The van der Waals surface area contributed by atoms with Gasteiger partial charge in [-0.05, 0) is 19.3 Å². The molecule has 1 atom stereocenters. The molecule has 0 aromatic carbocycles. The SMILES string of the molecule is CCCC(CC(=O)N(C)CC1(O)CCCC1)n1ccnc1. The van der Waals surface area contributed by atoms with Crippen LogP contribution in [0.15, 0.2) is 18.7 Å². The Morgan fingerprint density at radius 3 is 2.76 bits per heavy atom. The summed E-state index contributed by atoms with van der Waals surface area (Å²) in [7, 11) is 1.80. The molecule has 0 spiro atoms. The van der Waals surface area contributed by atoms with Crippen molar-refractivity contribution in [3.8, 4) is 0 Å². The van der Waals surface area contributed by atoms with Crippen LogP contribution in [0.5, 0.6) is 0 Å². The largest absolute Gasteiger partial charge is 0.388 e. The molecule has 1 aliphatic carbocycles. The van der Waals surface area contributed by atoms with Crippen molar-refractivity contribution in [2.24, 2.45) is 0 Å². The molecule has 1 aliphatic rings. The first-order valence-corrected chi connectivity index (χ1v) is 7.98. The number of carbonyl (C=O) groups excluding carboxylic acids is 1. The number of imidazole rings is 1. The van der Waals surface area contributed by atoms with Gasteiger partial charge in [-0.2, -0.15) is 0 Å². The third kappa shape index (κ3) is 4.30. The number of carbonyl (C=O) groups is 1. The van der Waals surface area contributed by atoms with Crippen LogP contribution in [-0.2, 0) is 4.79 Å². The van der Waals surface area contributed by atoms with Gasteiger partial charge in [0.25, 0.3) is 0 Å². The molecule has 0 radical (unpaired) electrons. The van der Waals surface area contributed by atoms with Crippen LogP contribution in [0, 0.1) is 0 Å². The fraction of sp³-hybridized carbons (Fsp3) is 0.750. The molecule has 1 saturated carbocycles. The Morgan fingerprint density at radius 1 is 1.48 bits per heavy atom. The van der Waals surface area contributed by atoms with Gasteiger partial charge in [0.15, 0.2) is 0 Å². The maximum Gasteiger partial charge on any atom is 0.224 e. The lowest BCUT2D eigenvalue weighted by Crippen LogP contribution is -2.42. The number of rotatable bonds is 7. The van der Waals surface area contributed by atoms with Crippen LogP contribution < -0.4 is 0 Å². The van der Waals surface area contributed by atoms with E-state index in [0.29, 0.717) is 13.0 Å². The van der Waals surface area contributed by atoms with Crippen molar-refractivity contribution in [1.82, 2.24) is 14.5 Å². The maximum absolute atomic E-state index is 12.4. The highest BCUT2D eigenvalue weighted by atomic mass is 16.3. The Labute approximate surface area is 127 Å². The molecule has 1 unspecified atom stereocenters. The van der Waals surface area contributed by atoms with Gasteiger partial charge in [0.1, 0.15) is 0 Å². The van der Waals surface area contributed by atoms with Gasteiger partial charge in [0, 0.05) is 38.4 Å². The molecule has 1 heterocycles. The summed E-state index contributed by atoms with van der Waals surface area (Å²) < 4.78 is 2.01. The lowest BCUT2D eigenvalue weighted by atomic mass is 10.0. The second kappa shape index (κ2) is 7.07. The standard InChI is InChI=1S/C16H27N3O2/c1-3-6-14(19-10-9-17-13-19)11-15(20)18(2)12-16(21)7-4-5-8-16/h9-10,13-14,21H,3-8,11-12H2,1-2H3. The van der Waals surface area contributed by atoms with Crippen LogP contribution in [-0.4, -0.2) is 44.7 Å². The van der Waals surface area contributed by atoms with Crippen molar-refractivity contribution in [2.45, 2.75) is 63.5 Å². The van der Waals surface area contributed by atoms with Crippen molar-refractivity contribution in [3.63, 3.8) is 0 Å². The van der Waals surface area contributed by atoms with Crippen LogP contribution in [0.25, 0.3) is 0 Å². The Balaban J connectivity index is 1.92. The van der Waals surface area contributed by atoms with Crippen LogP contribution in [0.2, 0.25) is 0 Å². The lowest BCUT2D eigenvalue weighted by molar-refractivity contribution is -0.134. The number of nitrogens with zero attached hydrogens (tertiary/aromatic N) is 3. The fourth-order valence-electron chi connectivity index (χ4n) is 3.25. The Morgan fingerprint density at radius 2 is 2.19 bits per heavy atom. The average Bonchev–Trinajstić information content (AvgIpc) is 3.09. The minimum absolute atomic E-state index is 0.0995. The van der Waals surface area contributed by atoms with Crippen LogP contribution in [0.3, 0.4) is 0 Å². The molecule has 1 N–H and O–H groups in total. The first-order chi connectivity index (χ1) is 10.0. The van der Waals surface area contributed by atoms with Crippen molar-refractivity contribution in [2.75, 3.05) is 13.6 Å². The maximum atomic E-state index is 12.4. The first kappa shape index (κ1) is 16.0. The number of amides is 1. The molecule has 5 heteroatoms. The highest BCUT2D eigenvalue weighted by Gasteiger charge is 2.33. The molecule has 1 amide bonds. The average molecular weight is 293 g/mol. The van der Waals surface area contributed by atoms with E-state index >= 15 is 0 Å². The molecule has 1 aromatic heterocycles. The van der Waals surface area contributed by atoms with E-state index in [-0.39, 0.29) is 11.9 Å². The smallest absolute Gasteiger partial charge is 0.224 e. The molecular weight excluding hydrogens is 266 g/mol. The molecular formula is C16H27N3O2. The third-order valence-corrected chi connectivity index (χ3v) is 4.47. The zero-order valence-corrected chi connectivity index (χ0v) is 13.2. The number of likely N-dealkylation sites (N-methyl/N-ethyl adjacent to an activating group) is 1. The number of aromatic nitrogens is 2. The van der Waals surface area contributed by atoms with E-state index in [9.17, 15) is 9.90 Å². The summed E-state index contributed by atoms with van der Waals surface area (Å²) in [6, 6.07) is 0.158. The van der Waals surface area contributed by atoms with Crippen molar-refractivity contribution >= 4 is 5.91 Å². The van der Waals surface area contributed by atoms with Gasteiger partial charge in [-0.3, -0.25) is 4.79 Å². The van der Waals surface area contributed by atoms with E-state index in [1.807, 2.05) is 10.8 Å². The summed E-state index contributed by atoms with van der Waals surface area (Å²) in [4.78, 5) is 18.2. The van der Waals surface area contributed by atoms with E-state index in [2.05, 4.69) is 11.9 Å². The summed E-state index contributed by atoms with van der Waals surface area (Å²) in [5.41, 5.74) is -0.667. The predicted molar refractivity (Wildman–Crippen MR) is 81.8 cm³/mol. The van der Waals surface area contributed by atoms with Gasteiger partial charge in [0.2, 0.25) is 5.91 Å². The Bertz CT molecular complexity index is 438. The second-order valence-electron chi connectivity index (χ2n) is 6.34. The van der Waals surface area contributed by atoms with Crippen LogP contribution in [0.1, 0.15) is 57.9 Å². The van der Waals surface area contributed by atoms with Gasteiger partial charge in [-0.1, -0.05) is 26.2 Å². The fourth-order valence-corrected chi connectivity index (χ4v) is 3.25. The van der Waals surface area contributed by atoms with E-state index in [0.717, 1.165) is 38.5 Å². The van der Waals surface area contributed by atoms with Crippen molar-refractivity contribution < 1.29 is 9.90 Å². The molecule has 21 heavy (non-hydrogen) atoms. The topological polar surface area (TPSA) is 58.4 Å². The van der Waals surface area contributed by atoms with Gasteiger partial charge in [-0.25, -0.2) is 4.98 Å². The molecule has 2 rings (SSSR count). The molecule has 0 bridgehead atoms. The minimum atomic E-state index is -0.667. The van der Waals surface area contributed by atoms with Crippen LogP contribution in [0.4, 0.5) is 0 Å². The Hall–Kier alpha value is -1.36. The quantitative estimate of drug-likeness (QED) is 0.839. The zero-order chi connectivity index (χ0) is 15.3. The second-order valence-corrected chi connectivity index (χ2v) is 6.34.